The molecule has 0 heterocycles. The molecule has 4 aliphatic rings. The predicted molar refractivity (Wildman–Crippen MR) is 75.5 cm³/mol. The van der Waals surface area contributed by atoms with E-state index in [2.05, 4.69) is 31.2 Å². The summed E-state index contributed by atoms with van der Waals surface area (Å²) < 4.78 is 0. The Labute approximate surface area is 111 Å². The second-order valence-electron chi connectivity index (χ2n) is 7.58. The Bertz CT molecular complexity index is 422. The van der Waals surface area contributed by atoms with Crippen LogP contribution in [0.1, 0.15) is 49.7 Å². The van der Waals surface area contributed by atoms with Gasteiger partial charge in [-0.15, -0.1) is 0 Å². The smallest absolute Gasteiger partial charge is 0.0222 e. The zero-order valence-electron chi connectivity index (χ0n) is 11.5. The highest BCUT2D eigenvalue weighted by Crippen LogP contribution is 2.61. The van der Waals surface area contributed by atoms with Gasteiger partial charge in [0.2, 0.25) is 0 Å². The number of hydrogen-bond donors (Lipinski definition) is 0. The molecule has 0 aliphatic heterocycles. The van der Waals surface area contributed by atoms with Gasteiger partial charge < -0.3 is 0 Å². The maximum atomic E-state index is 2.42. The standard InChI is InChI=1S/C18H24/c1-13-3-2-4-14(5-13)9-18-10-15-6-16(11-18)8-17(7-15)12-18/h2-5,15-17H,6-12H2,1H3. The van der Waals surface area contributed by atoms with Crippen molar-refractivity contribution in [2.45, 2.75) is 51.9 Å². The summed E-state index contributed by atoms with van der Waals surface area (Å²) in [4.78, 5) is 0. The summed E-state index contributed by atoms with van der Waals surface area (Å²) in [6.45, 7) is 2.23. The van der Waals surface area contributed by atoms with Gasteiger partial charge >= 0.3 is 0 Å². The van der Waals surface area contributed by atoms with E-state index in [0.29, 0.717) is 5.41 Å². The Kier molecular flexibility index (Phi) is 2.37. The molecule has 4 fully saturated rings. The summed E-state index contributed by atoms with van der Waals surface area (Å²) in [6, 6.07) is 9.23. The molecule has 0 aromatic heterocycles. The zero-order valence-corrected chi connectivity index (χ0v) is 11.5. The molecule has 4 aliphatic carbocycles. The monoisotopic (exact) mass is 240 g/mol. The lowest BCUT2D eigenvalue weighted by Gasteiger charge is -2.57. The van der Waals surface area contributed by atoms with E-state index >= 15 is 0 Å². The molecule has 4 saturated carbocycles. The number of rotatable bonds is 2. The third-order valence-corrected chi connectivity index (χ3v) is 5.83. The first kappa shape index (κ1) is 11.1. The number of benzene rings is 1. The molecular weight excluding hydrogens is 216 g/mol. The van der Waals surface area contributed by atoms with Crippen LogP contribution in [0.2, 0.25) is 0 Å². The predicted octanol–water partition coefficient (Wildman–Crippen LogP) is 4.75. The van der Waals surface area contributed by atoms with Crippen LogP contribution in [0.15, 0.2) is 24.3 Å². The molecule has 0 amide bonds. The Morgan fingerprint density at radius 3 is 2.17 bits per heavy atom. The van der Waals surface area contributed by atoms with Crippen molar-refractivity contribution in [1.82, 2.24) is 0 Å². The van der Waals surface area contributed by atoms with E-state index in [1.165, 1.54) is 31.2 Å². The fraction of sp³-hybridized carbons (Fsp3) is 0.667. The summed E-state index contributed by atoms with van der Waals surface area (Å²) in [5.41, 5.74) is 3.72. The normalized spacial score (nSPS) is 41.3. The minimum absolute atomic E-state index is 0.697. The van der Waals surface area contributed by atoms with Crippen molar-refractivity contribution < 1.29 is 0 Å². The van der Waals surface area contributed by atoms with E-state index in [1.807, 2.05) is 0 Å². The van der Waals surface area contributed by atoms with Gasteiger partial charge in [-0.1, -0.05) is 29.8 Å². The minimum atomic E-state index is 0.697. The lowest BCUT2D eigenvalue weighted by molar-refractivity contribution is -0.0521. The molecule has 0 N–H and O–H groups in total. The van der Waals surface area contributed by atoms with Crippen LogP contribution in [0.5, 0.6) is 0 Å². The fourth-order valence-electron chi connectivity index (χ4n) is 5.76. The molecular formula is C18H24. The quantitative estimate of drug-likeness (QED) is 0.699. The van der Waals surface area contributed by atoms with Crippen LogP contribution < -0.4 is 0 Å². The molecule has 5 rings (SSSR count). The molecule has 0 heteroatoms. The van der Waals surface area contributed by atoms with E-state index in [-0.39, 0.29) is 0 Å². The van der Waals surface area contributed by atoms with Crippen molar-refractivity contribution >= 4 is 0 Å². The van der Waals surface area contributed by atoms with Gasteiger partial charge in [0.1, 0.15) is 0 Å². The first-order valence-corrected chi connectivity index (χ1v) is 7.76. The van der Waals surface area contributed by atoms with Gasteiger partial charge in [-0.25, -0.2) is 0 Å². The molecule has 0 radical (unpaired) electrons. The SMILES string of the molecule is Cc1cccc(CC23CC4CC(CC(C4)C2)C3)c1. The van der Waals surface area contributed by atoms with Crippen LogP contribution in [-0.2, 0) is 6.42 Å². The van der Waals surface area contributed by atoms with E-state index in [0.717, 1.165) is 17.8 Å². The second-order valence-corrected chi connectivity index (χ2v) is 7.58. The Balaban J connectivity index is 1.60. The molecule has 0 unspecified atom stereocenters. The van der Waals surface area contributed by atoms with Crippen molar-refractivity contribution in [2.24, 2.45) is 23.2 Å². The van der Waals surface area contributed by atoms with Crippen LogP contribution in [0.3, 0.4) is 0 Å². The molecule has 1 aromatic rings. The molecule has 96 valence electrons. The van der Waals surface area contributed by atoms with Gasteiger partial charge in [0.05, 0.1) is 0 Å². The second kappa shape index (κ2) is 3.85. The summed E-state index contributed by atoms with van der Waals surface area (Å²) in [5.74, 6) is 3.25. The molecule has 1 aromatic carbocycles. The fourth-order valence-corrected chi connectivity index (χ4v) is 5.76. The average molecular weight is 240 g/mol. The molecule has 0 saturated heterocycles. The van der Waals surface area contributed by atoms with Gasteiger partial charge in [-0.05, 0) is 80.6 Å². The molecule has 0 atom stereocenters. The average Bonchev–Trinajstić information content (AvgIpc) is 2.25. The van der Waals surface area contributed by atoms with Crippen molar-refractivity contribution in [2.75, 3.05) is 0 Å². The minimum Gasteiger partial charge on any atom is -0.0617 e. The lowest BCUT2D eigenvalue weighted by Crippen LogP contribution is -2.47. The van der Waals surface area contributed by atoms with Crippen molar-refractivity contribution in [3.05, 3.63) is 35.4 Å². The highest BCUT2D eigenvalue weighted by molar-refractivity contribution is 5.24. The zero-order chi connectivity index (χ0) is 12.2. The van der Waals surface area contributed by atoms with Crippen LogP contribution >= 0.6 is 0 Å². The third kappa shape index (κ3) is 1.81. The van der Waals surface area contributed by atoms with Crippen molar-refractivity contribution in [3.63, 3.8) is 0 Å². The lowest BCUT2D eigenvalue weighted by atomic mass is 9.48. The largest absolute Gasteiger partial charge is 0.0617 e. The Morgan fingerprint density at radius 1 is 1.00 bits per heavy atom. The molecule has 4 bridgehead atoms. The van der Waals surface area contributed by atoms with E-state index in [1.54, 1.807) is 24.8 Å². The van der Waals surface area contributed by atoms with E-state index in [9.17, 15) is 0 Å². The van der Waals surface area contributed by atoms with Gasteiger partial charge in [0.25, 0.3) is 0 Å². The van der Waals surface area contributed by atoms with Gasteiger partial charge in [0, 0.05) is 0 Å². The number of hydrogen-bond acceptors (Lipinski definition) is 0. The van der Waals surface area contributed by atoms with Crippen LogP contribution in [0.4, 0.5) is 0 Å². The maximum Gasteiger partial charge on any atom is -0.0222 e. The summed E-state index contributed by atoms with van der Waals surface area (Å²) in [6.07, 6.45) is 10.7. The number of aryl methyl sites for hydroxylation is 1. The molecule has 18 heavy (non-hydrogen) atoms. The van der Waals surface area contributed by atoms with Crippen LogP contribution in [0, 0.1) is 30.1 Å². The Hall–Kier alpha value is -0.780. The summed E-state index contributed by atoms with van der Waals surface area (Å²) in [5, 5.41) is 0. The highest BCUT2D eigenvalue weighted by Gasteiger charge is 2.50. The van der Waals surface area contributed by atoms with Crippen molar-refractivity contribution in [3.8, 4) is 0 Å². The first-order chi connectivity index (χ1) is 8.71. The van der Waals surface area contributed by atoms with E-state index < -0.39 is 0 Å². The topological polar surface area (TPSA) is 0 Å². The summed E-state index contributed by atoms with van der Waals surface area (Å²) in [7, 11) is 0. The third-order valence-electron chi connectivity index (χ3n) is 5.83. The summed E-state index contributed by atoms with van der Waals surface area (Å²) >= 11 is 0. The molecule has 0 nitrogen and oxygen atoms in total. The molecule has 0 spiro atoms. The first-order valence-electron chi connectivity index (χ1n) is 7.76. The van der Waals surface area contributed by atoms with Gasteiger partial charge in [-0.3, -0.25) is 0 Å². The van der Waals surface area contributed by atoms with Gasteiger partial charge in [-0.2, -0.15) is 0 Å². The Morgan fingerprint density at radius 2 is 1.61 bits per heavy atom. The van der Waals surface area contributed by atoms with Gasteiger partial charge in [0.15, 0.2) is 0 Å². The van der Waals surface area contributed by atoms with Crippen molar-refractivity contribution in [1.29, 1.82) is 0 Å². The van der Waals surface area contributed by atoms with Crippen LogP contribution in [0.25, 0.3) is 0 Å². The maximum absolute atomic E-state index is 2.42. The van der Waals surface area contributed by atoms with E-state index in [4.69, 9.17) is 0 Å². The highest BCUT2D eigenvalue weighted by atomic mass is 14.5. The van der Waals surface area contributed by atoms with Crippen LogP contribution in [-0.4, -0.2) is 0 Å².